The zero-order valence-electron chi connectivity index (χ0n) is 15.1. The average Bonchev–Trinajstić information content (AvgIpc) is 2.73. The number of hydrogen-bond donors (Lipinski definition) is 2. The average molecular weight is 442 g/mol. The second-order valence-electron chi connectivity index (χ2n) is 6.05. The summed E-state index contributed by atoms with van der Waals surface area (Å²) in [4.78, 5) is 12.1. The highest BCUT2D eigenvalue weighted by Crippen LogP contribution is 2.23. The molecular weight excluding hydrogens is 422 g/mol. The molecule has 1 amide bonds. The van der Waals surface area contributed by atoms with Gasteiger partial charge in [-0.15, -0.1) is 0 Å². The molecule has 0 aliphatic rings. The molecule has 5 nitrogen and oxygen atoms in total. The zero-order chi connectivity index (χ0) is 19.8. The summed E-state index contributed by atoms with van der Waals surface area (Å²) in [6, 6.07) is 22.3. The number of ether oxygens (including phenoxy) is 2. The standard InChI is InChI=1S/C22H20BrNO4/c23-18-6-11-21(17(12-18)13-25)28-15-22(26)24-19-7-9-20(10-8-19)27-14-16-4-2-1-3-5-16/h1-12,25H,13-15H2,(H,24,26). The Morgan fingerprint density at radius 2 is 1.71 bits per heavy atom. The largest absolute Gasteiger partial charge is 0.489 e. The highest BCUT2D eigenvalue weighted by molar-refractivity contribution is 9.10. The van der Waals surface area contributed by atoms with E-state index in [1.807, 2.05) is 30.3 Å². The molecule has 0 aliphatic carbocycles. The summed E-state index contributed by atoms with van der Waals surface area (Å²) in [7, 11) is 0. The first kappa shape index (κ1) is 19.9. The molecule has 0 saturated heterocycles. The summed E-state index contributed by atoms with van der Waals surface area (Å²) in [5.41, 5.74) is 2.35. The lowest BCUT2D eigenvalue weighted by molar-refractivity contribution is -0.118. The van der Waals surface area contributed by atoms with E-state index in [0.29, 0.717) is 23.6 Å². The lowest BCUT2D eigenvalue weighted by Crippen LogP contribution is -2.20. The van der Waals surface area contributed by atoms with E-state index in [1.165, 1.54) is 0 Å². The van der Waals surface area contributed by atoms with Gasteiger partial charge in [0.25, 0.3) is 5.91 Å². The zero-order valence-corrected chi connectivity index (χ0v) is 16.7. The highest BCUT2D eigenvalue weighted by atomic mass is 79.9. The highest BCUT2D eigenvalue weighted by Gasteiger charge is 2.08. The van der Waals surface area contributed by atoms with Crippen molar-refractivity contribution >= 4 is 27.5 Å². The quantitative estimate of drug-likeness (QED) is 0.538. The maximum absolute atomic E-state index is 12.1. The lowest BCUT2D eigenvalue weighted by atomic mass is 10.2. The number of benzene rings is 3. The minimum atomic E-state index is -0.287. The van der Waals surface area contributed by atoms with Gasteiger partial charge in [0.05, 0.1) is 6.61 Å². The topological polar surface area (TPSA) is 67.8 Å². The summed E-state index contributed by atoms with van der Waals surface area (Å²) in [5, 5.41) is 12.1. The molecule has 0 unspecified atom stereocenters. The van der Waals surface area contributed by atoms with Crippen molar-refractivity contribution in [2.45, 2.75) is 13.2 Å². The molecule has 3 aromatic rings. The van der Waals surface area contributed by atoms with E-state index >= 15 is 0 Å². The van der Waals surface area contributed by atoms with Crippen molar-refractivity contribution in [1.29, 1.82) is 0 Å². The van der Waals surface area contributed by atoms with Crippen LogP contribution in [0.4, 0.5) is 5.69 Å². The van der Waals surface area contributed by atoms with Crippen molar-refractivity contribution in [2.75, 3.05) is 11.9 Å². The van der Waals surface area contributed by atoms with Gasteiger partial charge in [-0.2, -0.15) is 0 Å². The molecule has 0 bridgehead atoms. The van der Waals surface area contributed by atoms with E-state index < -0.39 is 0 Å². The predicted molar refractivity (Wildman–Crippen MR) is 111 cm³/mol. The maximum atomic E-state index is 12.1. The second kappa shape index (κ2) is 9.92. The van der Waals surface area contributed by atoms with Crippen LogP contribution in [0.5, 0.6) is 11.5 Å². The number of carbonyl (C=O) groups is 1. The molecule has 0 heterocycles. The van der Waals surface area contributed by atoms with Gasteiger partial charge in [0.1, 0.15) is 18.1 Å². The van der Waals surface area contributed by atoms with Crippen LogP contribution < -0.4 is 14.8 Å². The normalized spacial score (nSPS) is 10.4. The van der Waals surface area contributed by atoms with Crippen LogP contribution in [0.15, 0.2) is 77.3 Å². The fourth-order valence-corrected chi connectivity index (χ4v) is 2.94. The van der Waals surface area contributed by atoms with Gasteiger partial charge < -0.3 is 19.9 Å². The molecule has 0 fully saturated rings. The van der Waals surface area contributed by atoms with Gasteiger partial charge in [0.15, 0.2) is 6.61 Å². The van der Waals surface area contributed by atoms with Crippen molar-refractivity contribution in [3.8, 4) is 11.5 Å². The fraction of sp³-hybridized carbons (Fsp3) is 0.136. The van der Waals surface area contributed by atoms with Crippen LogP contribution in [0.1, 0.15) is 11.1 Å². The molecule has 0 aromatic heterocycles. The fourth-order valence-electron chi connectivity index (χ4n) is 2.53. The monoisotopic (exact) mass is 441 g/mol. The van der Waals surface area contributed by atoms with E-state index in [4.69, 9.17) is 9.47 Å². The molecule has 0 radical (unpaired) electrons. The van der Waals surface area contributed by atoms with Gasteiger partial charge in [-0.25, -0.2) is 0 Å². The second-order valence-corrected chi connectivity index (χ2v) is 6.96. The van der Waals surface area contributed by atoms with Crippen LogP contribution in [0.3, 0.4) is 0 Å². The Morgan fingerprint density at radius 3 is 2.43 bits per heavy atom. The number of aliphatic hydroxyl groups is 1. The first-order valence-electron chi connectivity index (χ1n) is 8.73. The van der Waals surface area contributed by atoms with Crippen LogP contribution in [0, 0.1) is 0 Å². The molecule has 0 saturated carbocycles. The minimum Gasteiger partial charge on any atom is -0.489 e. The summed E-state index contributed by atoms with van der Waals surface area (Å²) < 4.78 is 12.1. The molecule has 6 heteroatoms. The summed E-state index contributed by atoms with van der Waals surface area (Å²) in [6.45, 7) is 0.169. The Morgan fingerprint density at radius 1 is 0.964 bits per heavy atom. The Labute approximate surface area is 172 Å². The van der Waals surface area contributed by atoms with Gasteiger partial charge in [-0.1, -0.05) is 46.3 Å². The number of amides is 1. The van der Waals surface area contributed by atoms with Gasteiger partial charge in [-0.05, 0) is 48.0 Å². The van der Waals surface area contributed by atoms with Crippen molar-refractivity contribution < 1.29 is 19.4 Å². The number of rotatable bonds is 8. The van der Waals surface area contributed by atoms with Gasteiger partial charge in [0, 0.05) is 15.7 Å². The maximum Gasteiger partial charge on any atom is 0.262 e. The number of carbonyl (C=O) groups excluding carboxylic acids is 1. The van der Waals surface area contributed by atoms with Crippen LogP contribution >= 0.6 is 15.9 Å². The Bertz CT molecular complexity index is 914. The van der Waals surface area contributed by atoms with E-state index in [9.17, 15) is 9.90 Å². The summed E-state index contributed by atoms with van der Waals surface area (Å²) >= 11 is 3.34. The Hall–Kier alpha value is -2.83. The molecular formula is C22H20BrNO4. The Kier molecular flexibility index (Phi) is 7.06. The van der Waals surface area contributed by atoms with Crippen molar-refractivity contribution in [3.63, 3.8) is 0 Å². The number of halogens is 1. The number of hydrogen-bond acceptors (Lipinski definition) is 4. The van der Waals surface area contributed by atoms with Gasteiger partial charge >= 0.3 is 0 Å². The van der Waals surface area contributed by atoms with Gasteiger partial charge in [-0.3, -0.25) is 4.79 Å². The van der Waals surface area contributed by atoms with Crippen molar-refractivity contribution in [3.05, 3.63) is 88.4 Å². The van der Waals surface area contributed by atoms with E-state index in [1.54, 1.807) is 42.5 Å². The lowest BCUT2D eigenvalue weighted by Gasteiger charge is -2.11. The van der Waals surface area contributed by atoms with Gasteiger partial charge in [0.2, 0.25) is 0 Å². The van der Waals surface area contributed by atoms with Crippen LogP contribution in [-0.4, -0.2) is 17.6 Å². The number of nitrogens with one attached hydrogen (secondary N) is 1. The SMILES string of the molecule is O=C(COc1ccc(Br)cc1CO)Nc1ccc(OCc2ccccc2)cc1. The van der Waals surface area contributed by atoms with E-state index in [-0.39, 0.29) is 19.1 Å². The third-order valence-electron chi connectivity index (χ3n) is 3.94. The molecule has 0 atom stereocenters. The molecule has 0 spiro atoms. The minimum absolute atomic E-state index is 0.152. The third-order valence-corrected chi connectivity index (χ3v) is 4.43. The first-order valence-corrected chi connectivity index (χ1v) is 9.52. The van der Waals surface area contributed by atoms with E-state index in [0.717, 1.165) is 15.8 Å². The Balaban J connectivity index is 1.49. The molecule has 28 heavy (non-hydrogen) atoms. The molecule has 3 aromatic carbocycles. The van der Waals surface area contributed by atoms with Crippen LogP contribution in [0.2, 0.25) is 0 Å². The summed E-state index contributed by atoms with van der Waals surface area (Å²) in [6.07, 6.45) is 0. The summed E-state index contributed by atoms with van der Waals surface area (Å²) in [5.74, 6) is 0.913. The molecule has 0 aliphatic heterocycles. The predicted octanol–water partition coefficient (Wildman–Crippen LogP) is 4.54. The number of anilines is 1. The number of aliphatic hydroxyl groups excluding tert-OH is 1. The molecule has 3 rings (SSSR count). The van der Waals surface area contributed by atoms with Crippen molar-refractivity contribution in [1.82, 2.24) is 0 Å². The van der Waals surface area contributed by atoms with Crippen molar-refractivity contribution in [2.24, 2.45) is 0 Å². The molecule has 2 N–H and O–H groups in total. The first-order chi connectivity index (χ1) is 13.6. The van der Waals surface area contributed by atoms with Crippen LogP contribution in [0.25, 0.3) is 0 Å². The third kappa shape index (κ3) is 5.84. The molecule has 144 valence electrons. The smallest absolute Gasteiger partial charge is 0.262 e. The van der Waals surface area contributed by atoms with Crippen LogP contribution in [-0.2, 0) is 18.0 Å². The van der Waals surface area contributed by atoms with E-state index in [2.05, 4.69) is 21.2 Å².